The molecular formula is C25H30F2N4O5S. The minimum Gasteiger partial charge on any atom is -0.435 e. The largest absolute Gasteiger partial charge is 0.435 e. The second-order valence-electron chi connectivity index (χ2n) is 10.4. The van der Waals surface area contributed by atoms with Crippen LogP contribution in [-0.4, -0.2) is 66.9 Å². The molecule has 4 rings (SSSR count). The van der Waals surface area contributed by atoms with E-state index >= 15 is 0 Å². The third-order valence-corrected chi connectivity index (χ3v) is 8.44. The number of carbonyl (C=O) groups excluding carboxylic acids is 1. The minimum absolute atomic E-state index is 0.0294. The molecule has 2 aliphatic rings. The second kappa shape index (κ2) is 9.97. The first kappa shape index (κ1) is 26.9. The van der Waals surface area contributed by atoms with Gasteiger partial charge in [0, 0.05) is 24.4 Å². The van der Waals surface area contributed by atoms with Crippen molar-refractivity contribution < 1.29 is 31.5 Å². The summed E-state index contributed by atoms with van der Waals surface area (Å²) in [6.45, 7) is 3.16. The van der Waals surface area contributed by atoms with Crippen molar-refractivity contribution in [3.8, 4) is 5.75 Å². The number of pyridine rings is 1. The molecule has 0 saturated carbocycles. The molecule has 37 heavy (non-hydrogen) atoms. The normalized spacial score (nSPS) is 21.5. The molecule has 1 unspecified atom stereocenters. The zero-order chi connectivity index (χ0) is 27.0. The Morgan fingerprint density at radius 3 is 2.59 bits per heavy atom. The molecule has 2 saturated heterocycles. The predicted octanol–water partition coefficient (Wildman–Crippen LogP) is 3.39. The fourth-order valence-corrected chi connectivity index (χ4v) is 6.79. The number of sulfone groups is 1. The molecule has 0 spiro atoms. The van der Waals surface area contributed by atoms with Crippen LogP contribution in [0.5, 0.6) is 5.75 Å². The van der Waals surface area contributed by atoms with Gasteiger partial charge in [0.1, 0.15) is 11.4 Å². The number of nitrogens with one attached hydrogen (secondary N) is 3. The molecule has 9 nitrogen and oxygen atoms in total. The Morgan fingerprint density at radius 1 is 1.22 bits per heavy atom. The molecule has 2 aromatic rings. The van der Waals surface area contributed by atoms with Crippen molar-refractivity contribution >= 4 is 27.1 Å². The van der Waals surface area contributed by atoms with E-state index < -0.39 is 27.9 Å². The Balaban J connectivity index is 1.64. The summed E-state index contributed by atoms with van der Waals surface area (Å²) in [6.07, 6.45) is 2.68. The van der Waals surface area contributed by atoms with E-state index in [4.69, 9.17) is 10.1 Å². The topological polar surface area (TPSA) is 130 Å². The fourth-order valence-electron chi connectivity index (χ4n) is 4.78. The lowest BCUT2D eigenvalue weighted by Gasteiger charge is -2.38. The Kier molecular flexibility index (Phi) is 7.26. The lowest BCUT2D eigenvalue weighted by atomic mass is 9.93. The smallest absolute Gasteiger partial charge is 0.387 e. The number of halogens is 2. The summed E-state index contributed by atoms with van der Waals surface area (Å²) in [5, 5.41) is 14.9. The monoisotopic (exact) mass is 536 g/mol. The maximum absolute atomic E-state index is 13.0. The number of alkyl halides is 2. The summed E-state index contributed by atoms with van der Waals surface area (Å²) in [4.78, 5) is 17.4. The van der Waals surface area contributed by atoms with Gasteiger partial charge in [0.05, 0.1) is 39.6 Å². The highest BCUT2D eigenvalue weighted by molar-refractivity contribution is 7.93. The lowest BCUT2D eigenvalue weighted by Crippen LogP contribution is -2.63. The van der Waals surface area contributed by atoms with Crippen molar-refractivity contribution in [1.82, 2.24) is 10.3 Å². The van der Waals surface area contributed by atoms with Crippen molar-refractivity contribution in [2.75, 3.05) is 23.4 Å². The van der Waals surface area contributed by atoms with E-state index in [2.05, 4.69) is 20.4 Å². The van der Waals surface area contributed by atoms with Crippen LogP contribution in [0.25, 0.3) is 0 Å². The summed E-state index contributed by atoms with van der Waals surface area (Å²) in [6, 6.07) is 7.33. The Bertz CT molecular complexity index is 1300. The number of aromatic nitrogens is 1. The number of hydrogen-bond acceptors (Lipinski definition) is 8. The van der Waals surface area contributed by atoms with Crippen LogP contribution in [-0.2, 0) is 14.6 Å². The number of anilines is 1. The molecule has 3 heterocycles. The molecule has 200 valence electrons. The zero-order valence-corrected chi connectivity index (χ0v) is 21.6. The zero-order valence-electron chi connectivity index (χ0n) is 20.8. The van der Waals surface area contributed by atoms with E-state index in [-0.39, 0.29) is 45.9 Å². The van der Waals surface area contributed by atoms with Gasteiger partial charge in [-0.2, -0.15) is 8.78 Å². The van der Waals surface area contributed by atoms with Crippen molar-refractivity contribution in [3.05, 3.63) is 53.3 Å². The average molecular weight is 537 g/mol. The summed E-state index contributed by atoms with van der Waals surface area (Å²) in [5.41, 5.74) is -0.102. The number of ether oxygens (including phenoxy) is 2. The number of amides is 1. The number of rotatable bonds is 8. The standard InChI is InChI=1S/C25H30F2N4O5S/c1-24(2)11-17(7-8-35-24)30-19-10-16(22(32)31-25(3)13-37(33,34)14-25)12-29-21(19)20(28)15-5-4-6-18(9-15)36-23(26)27/h4-6,9-10,12,17,23,28,30H,7-8,11,13-14H2,1-3H3,(H,31,32). The number of benzene rings is 1. The second-order valence-corrected chi connectivity index (χ2v) is 12.5. The van der Waals surface area contributed by atoms with Crippen LogP contribution in [0.2, 0.25) is 0 Å². The molecule has 0 bridgehead atoms. The van der Waals surface area contributed by atoms with Gasteiger partial charge in [-0.25, -0.2) is 8.42 Å². The molecule has 12 heteroatoms. The Morgan fingerprint density at radius 2 is 1.95 bits per heavy atom. The molecule has 1 aromatic carbocycles. The van der Waals surface area contributed by atoms with Gasteiger partial charge >= 0.3 is 6.61 Å². The first-order chi connectivity index (χ1) is 17.2. The van der Waals surface area contributed by atoms with E-state index in [1.807, 2.05) is 13.8 Å². The molecule has 3 N–H and O–H groups in total. The van der Waals surface area contributed by atoms with Crippen LogP contribution < -0.4 is 15.4 Å². The van der Waals surface area contributed by atoms with Crippen molar-refractivity contribution in [2.24, 2.45) is 0 Å². The quantitative estimate of drug-likeness (QED) is 0.441. The van der Waals surface area contributed by atoms with Gasteiger partial charge in [-0.3, -0.25) is 15.2 Å². The molecule has 0 radical (unpaired) electrons. The SMILES string of the molecule is CC1(NC(=O)c2cnc(C(=N)c3cccc(OC(F)F)c3)c(NC3CCOC(C)(C)C3)c2)CS(=O)(=O)C1. The van der Waals surface area contributed by atoms with Gasteiger partial charge in [-0.05, 0) is 51.8 Å². The van der Waals surface area contributed by atoms with E-state index in [1.165, 1.54) is 24.4 Å². The lowest BCUT2D eigenvalue weighted by molar-refractivity contribution is -0.0553. The highest BCUT2D eigenvalue weighted by Gasteiger charge is 2.45. The molecule has 2 aliphatic heterocycles. The van der Waals surface area contributed by atoms with E-state index in [1.54, 1.807) is 19.1 Å². The van der Waals surface area contributed by atoms with Crippen molar-refractivity contribution in [3.63, 3.8) is 0 Å². The van der Waals surface area contributed by atoms with Crippen LogP contribution in [0.4, 0.5) is 14.5 Å². The van der Waals surface area contributed by atoms with Gasteiger partial charge in [-0.15, -0.1) is 0 Å². The Labute approximate surface area is 214 Å². The fraction of sp³-hybridized carbons (Fsp3) is 0.480. The molecule has 1 aromatic heterocycles. The van der Waals surface area contributed by atoms with Gasteiger partial charge in [0.25, 0.3) is 5.91 Å². The van der Waals surface area contributed by atoms with Crippen molar-refractivity contribution in [1.29, 1.82) is 5.41 Å². The minimum atomic E-state index is -3.15. The maximum Gasteiger partial charge on any atom is 0.387 e. The van der Waals surface area contributed by atoms with Crippen molar-refractivity contribution in [2.45, 2.75) is 57.4 Å². The van der Waals surface area contributed by atoms with Crippen LogP contribution in [0, 0.1) is 5.41 Å². The summed E-state index contributed by atoms with van der Waals surface area (Å²) in [7, 11) is -3.15. The number of nitrogens with zero attached hydrogens (tertiary/aromatic N) is 1. The molecule has 1 atom stereocenters. The first-order valence-corrected chi connectivity index (χ1v) is 13.6. The number of carbonyl (C=O) groups is 1. The highest BCUT2D eigenvalue weighted by atomic mass is 32.2. The van der Waals surface area contributed by atoms with Gasteiger partial charge < -0.3 is 20.1 Å². The van der Waals surface area contributed by atoms with Gasteiger partial charge in [0.2, 0.25) is 0 Å². The first-order valence-electron chi connectivity index (χ1n) is 11.8. The summed E-state index contributed by atoms with van der Waals surface area (Å²) in [5.74, 6) is -0.842. The van der Waals surface area contributed by atoms with E-state index in [0.29, 0.717) is 30.7 Å². The van der Waals surface area contributed by atoms with Crippen LogP contribution in [0.3, 0.4) is 0 Å². The molecular weight excluding hydrogens is 506 g/mol. The average Bonchev–Trinajstić information content (AvgIpc) is 2.76. The Hall–Kier alpha value is -3.12. The highest BCUT2D eigenvalue weighted by Crippen LogP contribution is 2.29. The van der Waals surface area contributed by atoms with E-state index in [0.717, 1.165) is 0 Å². The van der Waals surface area contributed by atoms with Crippen LogP contribution in [0.15, 0.2) is 36.5 Å². The van der Waals surface area contributed by atoms with E-state index in [9.17, 15) is 22.0 Å². The molecule has 0 aliphatic carbocycles. The summed E-state index contributed by atoms with van der Waals surface area (Å²) < 4.78 is 58.9. The van der Waals surface area contributed by atoms with Gasteiger partial charge in [-0.1, -0.05) is 12.1 Å². The predicted molar refractivity (Wildman–Crippen MR) is 134 cm³/mol. The van der Waals surface area contributed by atoms with Crippen LogP contribution >= 0.6 is 0 Å². The maximum atomic E-state index is 13.0. The molecule has 1 amide bonds. The van der Waals surface area contributed by atoms with Gasteiger partial charge in [0.15, 0.2) is 9.84 Å². The number of hydrogen-bond donors (Lipinski definition) is 3. The molecule has 2 fully saturated rings. The summed E-state index contributed by atoms with van der Waals surface area (Å²) >= 11 is 0. The van der Waals surface area contributed by atoms with Crippen LogP contribution in [0.1, 0.15) is 55.2 Å². The third-order valence-electron chi connectivity index (χ3n) is 6.28. The third kappa shape index (κ3) is 6.61.